The van der Waals surface area contributed by atoms with Gasteiger partial charge in [-0.3, -0.25) is 4.79 Å². The molecular formula is C21H19F2N3O3S2. The Morgan fingerprint density at radius 2 is 1.71 bits per heavy atom. The van der Waals surface area contributed by atoms with E-state index in [1.807, 2.05) is 31.2 Å². The zero-order valence-corrected chi connectivity index (χ0v) is 18.2. The lowest BCUT2D eigenvalue weighted by Crippen LogP contribution is -2.50. The van der Waals surface area contributed by atoms with Crippen LogP contribution in [-0.4, -0.2) is 54.7 Å². The maximum atomic E-state index is 14.0. The summed E-state index contributed by atoms with van der Waals surface area (Å²) in [6.45, 7) is 2.32. The molecule has 0 atom stereocenters. The van der Waals surface area contributed by atoms with Gasteiger partial charge in [0.15, 0.2) is 0 Å². The number of halogens is 2. The summed E-state index contributed by atoms with van der Waals surface area (Å²) in [6, 6.07) is 10.2. The summed E-state index contributed by atoms with van der Waals surface area (Å²) in [5.74, 6) is -2.26. The first-order valence-corrected chi connectivity index (χ1v) is 11.8. The molecule has 10 heteroatoms. The number of sulfonamides is 1. The van der Waals surface area contributed by atoms with Crippen molar-refractivity contribution in [3.05, 3.63) is 70.7 Å². The Hall–Kier alpha value is -2.69. The zero-order valence-electron chi connectivity index (χ0n) is 16.6. The molecule has 31 heavy (non-hydrogen) atoms. The van der Waals surface area contributed by atoms with E-state index >= 15 is 0 Å². The first-order valence-electron chi connectivity index (χ1n) is 9.53. The van der Waals surface area contributed by atoms with Crippen molar-refractivity contribution in [3.8, 4) is 10.6 Å². The van der Waals surface area contributed by atoms with Gasteiger partial charge in [-0.2, -0.15) is 4.31 Å². The Morgan fingerprint density at radius 1 is 1.03 bits per heavy atom. The standard InChI is InChI=1S/C21H19F2N3O3S2/c1-14-2-4-15(5-3-14)20-24-18(13-30-20)21(27)25-8-10-26(11-9-25)31(28,29)19-7-6-16(22)12-17(19)23/h2-7,12-13H,8-11H2,1H3. The molecule has 1 saturated heterocycles. The Bertz CT molecular complexity index is 1220. The van der Waals surface area contributed by atoms with Crippen molar-refractivity contribution in [2.45, 2.75) is 11.8 Å². The van der Waals surface area contributed by atoms with E-state index in [4.69, 9.17) is 0 Å². The van der Waals surface area contributed by atoms with E-state index < -0.39 is 26.6 Å². The van der Waals surface area contributed by atoms with Crippen LogP contribution in [0.4, 0.5) is 8.78 Å². The van der Waals surface area contributed by atoms with Crippen molar-refractivity contribution in [1.29, 1.82) is 0 Å². The molecule has 1 fully saturated rings. The van der Waals surface area contributed by atoms with E-state index in [1.165, 1.54) is 16.2 Å². The summed E-state index contributed by atoms with van der Waals surface area (Å²) in [4.78, 5) is 18.2. The van der Waals surface area contributed by atoms with Gasteiger partial charge in [-0.15, -0.1) is 11.3 Å². The maximum Gasteiger partial charge on any atom is 0.273 e. The molecule has 0 saturated carbocycles. The van der Waals surface area contributed by atoms with Gasteiger partial charge in [0.05, 0.1) is 0 Å². The van der Waals surface area contributed by atoms with Gasteiger partial charge in [0.25, 0.3) is 5.91 Å². The fourth-order valence-corrected chi connectivity index (χ4v) is 5.59. The minimum atomic E-state index is -4.12. The molecule has 6 nitrogen and oxygen atoms in total. The van der Waals surface area contributed by atoms with Gasteiger partial charge in [-0.1, -0.05) is 29.8 Å². The van der Waals surface area contributed by atoms with Crippen LogP contribution >= 0.6 is 11.3 Å². The minimum Gasteiger partial charge on any atom is -0.335 e. The molecule has 4 rings (SSSR count). The molecule has 0 unspecified atom stereocenters. The molecule has 3 aromatic rings. The normalized spacial score (nSPS) is 15.3. The second-order valence-corrected chi connectivity index (χ2v) is 9.94. The van der Waals surface area contributed by atoms with Crippen molar-refractivity contribution >= 4 is 27.3 Å². The summed E-state index contributed by atoms with van der Waals surface area (Å²) in [6.07, 6.45) is 0. The van der Waals surface area contributed by atoms with Gasteiger partial charge in [-0.25, -0.2) is 22.2 Å². The molecule has 1 aliphatic rings. The van der Waals surface area contributed by atoms with Crippen LogP contribution in [0, 0.1) is 18.6 Å². The van der Waals surface area contributed by atoms with Crippen molar-refractivity contribution in [1.82, 2.24) is 14.2 Å². The number of nitrogens with zero attached hydrogens (tertiary/aromatic N) is 3. The predicted octanol–water partition coefficient (Wildman–Crippen LogP) is 3.54. The van der Waals surface area contributed by atoms with Gasteiger partial charge >= 0.3 is 0 Å². The molecule has 0 bridgehead atoms. The highest BCUT2D eigenvalue weighted by molar-refractivity contribution is 7.89. The van der Waals surface area contributed by atoms with E-state index in [0.717, 1.165) is 32.6 Å². The molecule has 1 aromatic heterocycles. The van der Waals surface area contributed by atoms with Crippen molar-refractivity contribution < 1.29 is 22.0 Å². The number of aromatic nitrogens is 1. The smallest absolute Gasteiger partial charge is 0.273 e. The second-order valence-electron chi connectivity index (χ2n) is 7.17. The van der Waals surface area contributed by atoms with Crippen LogP contribution in [0.15, 0.2) is 52.7 Å². The Balaban J connectivity index is 1.44. The lowest BCUT2D eigenvalue weighted by Gasteiger charge is -2.33. The fourth-order valence-electron chi connectivity index (χ4n) is 3.32. The summed E-state index contributed by atoms with van der Waals surface area (Å²) in [7, 11) is -4.12. The quantitative estimate of drug-likeness (QED) is 0.594. The maximum absolute atomic E-state index is 14.0. The van der Waals surface area contributed by atoms with E-state index in [-0.39, 0.29) is 32.1 Å². The van der Waals surface area contributed by atoms with Gasteiger partial charge in [-0.05, 0) is 19.1 Å². The lowest BCUT2D eigenvalue weighted by atomic mass is 10.2. The summed E-state index contributed by atoms with van der Waals surface area (Å²) in [5, 5.41) is 2.42. The fraction of sp³-hybridized carbons (Fsp3) is 0.238. The molecule has 0 aliphatic carbocycles. The van der Waals surface area contributed by atoms with Crippen LogP contribution in [0.1, 0.15) is 16.1 Å². The van der Waals surface area contributed by atoms with E-state index in [1.54, 1.807) is 5.38 Å². The van der Waals surface area contributed by atoms with Crippen molar-refractivity contribution in [2.24, 2.45) is 0 Å². The number of benzene rings is 2. The summed E-state index contributed by atoms with van der Waals surface area (Å²) >= 11 is 1.37. The first kappa shape index (κ1) is 21.5. The molecule has 2 aromatic carbocycles. The third-order valence-electron chi connectivity index (χ3n) is 5.06. The van der Waals surface area contributed by atoms with Gasteiger partial charge in [0, 0.05) is 43.2 Å². The number of carbonyl (C=O) groups is 1. The molecular weight excluding hydrogens is 444 g/mol. The highest BCUT2D eigenvalue weighted by atomic mass is 32.2. The molecule has 1 aliphatic heterocycles. The number of hydrogen-bond donors (Lipinski definition) is 0. The molecule has 0 spiro atoms. The lowest BCUT2D eigenvalue weighted by molar-refractivity contribution is 0.0692. The van der Waals surface area contributed by atoms with Crippen LogP contribution in [-0.2, 0) is 10.0 Å². The molecule has 1 amide bonds. The summed E-state index contributed by atoms with van der Waals surface area (Å²) in [5.41, 5.74) is 2.36. The Labute approximate surface area is 182 Å². The number of thiazole rings is 1. The van der Waals surface area contributed by atoms with Crippen LogP contribution < -0.4 is 0 Å². The van der Waals surface area contributed by atoms with Crippen LogP contribution in [0.25, 0.3) is 10.6 Å². The van der Waals surface area contributed by atoms with Crippen LogP contribution in [0.2, 0.25) is 0 Å². The number of piperazine rings is 1. The number of amides is 1. The second kappa shape index (κ2) is 8.45. The highest BCUT2D eigenvalue weighted by Gasteiger charge is 2.32. The Morgan fingerprint density at radius 3 is 2.35 bits per heavy atom. The number of carbonyl (C=O) groups excluding carboxylic acids is 1. The van der Waals surface area contributed by atoms with Gasteiger partial charge < -0.3 is 4.90 Å². The van der Waals surface area contributed by atoms with Crippen molar-refractivity contribution in [3.63, 3.8) is 0 Å². The minimum absolute atomic E-state index is 0.0137. The zero-order chi connectivity index (χ0) is 22.2. The molecule has 162 valence electrons. The van der Waals surface area contributed by atoms with E-state index in [2.05, 4.69) is 4.98 Å². The van der Waals surface area contributed by atoms with E-state index in [9.17, 15) is 22.0 Å². The molecule has 0 radical (unpaired) electrons. The topological polar surface area (TPSA) is 70.6 Å². The molecule has 0 N–H and O–H groups in total. The average Bonchev–Trinajstić information content (AvgIpc) is 3.24. The largest absolute Gasteiger partial charge is 0.335 e. The predicted molar refractivity (Wildman–Crippen MR) is 113 cm³/mol. The van der Waals surface area contributed by atoms with E-state index in [0.29, 0.717) is 11.8 Å². The van der Waals surface area contributed by atoms with Gasteiger partial charge in [0.2, 0.25) is 10.0 Å². The number of hydrogen-bond acceptors (Lipinski definition) is 5. The monoisotopic (exact) mass is 463 g/mol. The SMILES string of the molecule is Cc1ccc(-c2nc(C(=O)N3CCN(S(=O)(=O)c4ccc(F)cc4F)CC3)cs2)cc1. The number of rotatable bonds is 4. The third kappa shape index (κ3) is 4.36. The van der Waals surface area contributed by atoms with Crippen LogP contribution in [0.3, 0.4) is 0 Å². The third-order valence-corrected chi connectivity index (χ3v) is 7.88. The number of aryl methyl sites for hydroxylation is 1. The van der Waals surface area contributed by atoms with Crippen LogP contribution in [0.5, 0.6) is 0 Å². The Kier molecular flexibility index (Phi) is 5.87. The first-order chi connectivity index (χ1) is 14.8. The van der Waals surface area contributed by atoms with Crippen molar-refractivity contribution in [2.75, 3.05) is 26.2 Å². The van der Waals surface area contributed by atoms with Gasteiger partial charge in [0.1, 0.15) is 27.2 Å². The average molecular weight is 464 g/mol. The highest BCUT2D eigenvalue weighted by Crippen LogP contribution is 2.26. The summed E-state index contributed by atoms with van der Waals surface area (Å²) < 4.78 is 53.6. The molecule has 2 heterocycles.